The lowest BCUT2D eigenvalue weighted by molar-refractivity contribution is 0.449. The minimum absolute atomic E-state index is 0.217. The smallest absolute Gasteiger partial charge is 0.120 e. The van der Waals surface area contributed by atoms with Crippen molar-refractivity contribution in [2.45, 2.75) is 78.2 Å². The second kappa shape index (κ2) is 10.7. The van der Waals surface area contributed by atoms with Crippen molar-refractivity contribution < 1.29 is 5.11 Å². The van der Waals surface area contributed by atoms with Crippen molar-refractivity contribution in [2.75, 3.05) is 6.54 Å². The number of nitrogens with one attached hydrogen (secondary N) is 1. The summed E-state index contributed by atoms with van der Waals surface area (Å²) in [5.74, 6) is 0.400. The van der Waals surface area contributed by atoms with Gasteiger partial charge in [-0.1, -0.05) is 69.6 Å². The molecule has 0 saturated heterocycles. The van der Waals surface area contributed by atoms with Gasteiger partial charge < -0.3 is 10.4 Å². The summed E-state index contributed by atoms with van der Waals surface area (Å²) in [7, 11) is 0. The standard InChI is InChI=1S/C19H33NO/c1-4-5-6-7-8-9-10-11-14-20-17(3)18-15-16(2)12-13-19(18)21/h12-13,15,17,20-21H,4-11,14H2,1-3H3. The second-order valence-electron chi connectivity index (χ2n) is 6.21. The fourth-order valence-electron chi connectivity index (χ4n) is 2.71. The second-order valence-corrected chi connectivity index (χ2v) is 6.21. The van der Waals surface area contributed by atoms with Crippen molar-refractivity contribution in [3.63, 3.8) is 0 Å². The molecular weight excluding hydrogens is 258 g/mol. The van der Waals surface area contributed by atoms with Gasteiger partial charge in [0.1, 0.15) is 5.75 Å². The molecular formula is C19H33NO. The molecule has 0 bridgehead atoms. The molecule has 2 N–H and O–H groups in total. The van der Waals surface area contributed by atoms with E-state index in [1.807, 2.05) is 6.07 Å². The van der Waals surface area contributed by atoms with E-state index in [1.54, 1.807) is 6.07 Å². The van der Waals surface area contributed by atoms with E-state index in [1.165, 1.54) is 56.9 Å². The van der Waals surface area contributed by atoms with Crippen LogP contribution in [0.3, 0.4) is 0 Å². The van der Waals surface area contributed by atoms with Gasteiger partial charge in [-0.15, -0.1) is 0 Å². The average Bonchev–Trinajstić information content (AvgIpc) is 2.48. The largest absolute Gasteiger partial charge is 0.508 e. The molecule has 2 nitrogen and oxygen atoms in total. The van der Waals surface area contributed by atoms with Gasteiger partial charge in [-0.05, 0) is 32.9 Å². The molecule has 1 aromatic carbocycles. The Labute approximate surface area is 131 Å². The van der Waals surface area contributed by atoms with Gasteiger partial charge in [-0.2, -0.15) is 0 Å². The summed E-state index contributed by atoms with van der Waals surface area (Å²) in [5, 5.41) is 13.4. The van der Waals surface area contributed by atoms with E-state index in [-0.39, 0.29) is 6.04 Å². The molecule has 21 heavy (non-hydrogen) atoms. The normalized spacial score (nSPS) is 12.5. The van der Waals surface area contributed by atoms with E-state index in [9.17, 15) is 5.11 Å². The SMILES string of the molecule is CCCCCCCCCCNC(C)c1cc(C)ccc1O. The zero-order chi connectivity index (χ0) is 15.5. The summed E-state index contributed by atoms with van der Waals surface area (Å²) < 4.78 is 0. The third-order valence-corrected chi connectivity index (χ3v) is 4.13. The highest BCUT2D eigenvalue weighted by molar-refractivity contribution is 5.37. The summed E-state index contributed by atoms with van der Waals surface area (Å²) >= 11 is 0. The van der Waals surface area contributed by atoms with Crippen molar-refractivity contribution in [2.24, 2.45) is 0 Å². The van der Waals surface area contributed by atoms with Crippen molar-refractivity contribution in [3.8, 4) is 5.75 Å². The molecule has 1 aromatic rings. The Balaban J connectivity index is 2.11. The maximum atomic E-state index is 9.91. The third-order valence-electron chi connectivity index (χ3n) is 4.13. The van der Waals surface area contributed by atoms with Crippen LogP contribution in [0.15, 0.2) is 18.2 Å². The first-order chi connectivity index (χ1) is 10.1. The molecule has 0 amide bonds. The Kier molecular flexibility index (Phi) is 9.16. The molecule has 120 valence electrons. The minimum atomic E-state index is 0.217. The number of rotatable bonds is 11. The highest BCUT2D eigenvalue weighted by Gasteiger charge is 2.09. The fraction of sp³-hybridized carbons (Fsp3) is 0.684. The first-order valence-corrected chi connectivity index (χ1v) is 8.68. The number of hydrogen-bond donors (Lipinski definition) is 2. The van der Waals surface area contributed by atoms with E-state index >= 15 is 0 Å². The molecule has 1 atom stereocenters. The number of phenols is 1. The average molecular weight is 291 g/mol. The van der Waals surface area contributed by atoms with Gasteiger partial charge >= 0.3 is 0 Å². The molecule has 0 heterocycles. The van der Waals surface area contributed by atoms with E-state index in [4.69, 9.17) is 0 Å². The Morgan fingerprint density at radius 2 is 1.62 bits per heavy atom. The van der Waals surface area contributed by atoms with Gasteiger partial charge in [0.05, 0.1) is 0 Å². The summed E-state index contributed by atoms with van der Waals surface area (Å²) in [4.78, 5) is 0. The van der Waals surface area contributed by atoms with Crippen molar-refractivity contribution in [1.29, 1.82) is 0 Å². The summed E-state index contributed by atoms with van der Waals surface area (Å²) in [6.07, 6.45) is 10.8. The highest BCUT2D eigenvalue weighted by atomic mass is 16.3. The van der Waals surface area contributed by atoms with Crippen molar-refractivity contribution in [1.82, 2.24) is 5.32 Å². The van der Waals surface area contributed by atoms with Crippen LogP contribution in [0.2, 0.25) is 0 Å². The number of aryl methyl sites for hydroxylation is 1. The quantitative estimate of drug-likeness (QED) is 0.528. The summed E-state index contributed by atoms with van der Waals surface area (Å²) in [5.41, 5.74) is 2.21. The molecule has 0 aromatic heterocycles. The predicted octanol–water partition coefficient (Wildman–Crippen LogP) is 5.49. The van der Waals surface area contributed by atoms with E-state index in [0.29, 0.717) is 5.75 Å². The van der Waals surface area contributed by atoms with Crippen LogP contribution in [0.25, 0.3) is 0 Å². The van der Waals surface area contributed by atoms with Gasteiger partial charge in [0.15, 0.2) is 0 Å². The Bertz CT molecular complexity index is 389. The molecule has 0 radical (unpaired) electrons. The monoisotopic (exact) mass is 291 g/mol. The van der Waals surface area contributed by atoms with Crippen LogP contribution in [0.4, 0.5) is 0 Å². The van der Waals surface area contributed by atoms with Crippen LogP contribution >= 0.6 is 0 Å². The number of unbranched alkanes of at least 4 members (excludes halogenated alkanes) is 7. The van der Waals surface area contributed by atoms with Crippen LogP contribution < -0.4 is 5.32 Å². The molecule has 1 unspecified atom stereocenters. The fourth-order valence-corrected chi connectivity index (χ4v) is 2.71. The lowest BCUT2D eigenvalue weighted by Crippen LogP contribution is -2.20. The van der Waals surface area contributed by atoms with Gasteiger partial charge in [0, 0.05) is 11.6 Å². The molecule has 0 fully saturated rings. The maximum Gasteiger partial charge on any atom is 0.120 e. The number of hydrogen-bond acceptors (Lipinski definition) is 2. The molecule has 0 saturated carbocycles. The van der Waals surface area contributed by atoms with E-state index in [0.717, 1.165) is 12.1 Å². The number of aromatic hydroxyl groups is 1. The van der Waals surface area contributed by atoms with Crippen LogP contribution in [-0.4, -0.2) is 11.7 Å². The van der Waals surface area contributed by atoms with Gasteiger partial charge in [-0.25, -0.2) is 0 Å². The van der Waals surface area contributed by atoms with Gasteiger partial charge in [0.25, 0.3) is 0 Å². The Morgan fingerprint density at radius 3 is 2.29 bits per heavy atom. The van der Waals surface area contributed by atoms with Crippen LogP contribution in [0, 0.1) is 6.92 Å². The molecule has 0 aliphatic heterocycles. The topological polar surface area (TPSA) is 32.3 Å². The minimum Gasteiger partial charge on any atom is -0.508 e. The molecule has 0 spiro atoms. The Morgan fingerprint density at radius 1 is 1.00 bits per heavy atom. The Hall–Kier alpha value is -1.02. The van der Waals surface area contributed by atoms with Crippen molar-refractivity contribution in [3.05, 3.63) is 29.3 Å². The van der Waals surface area contributed by atoms with Crippen LogP contribution in [0.1, 0.15) is 82.4 Å². The summed E-state index contributed by atoms with van der Waals surface area (Å²) in [6, 6.07) is 6.03. The zero-order valence-electron chi connectivity index (χ0n) is 14.1. The molecule has 1 rings (SSSR count). The number of phenolic OH excluding ortho intramolecular Hbond substituents is 1. The number of benzene rings is 1. The zero-order valence-corrected chi connectivity index (χ0v) is 14.1. The van der Waals surface area contributed by atoms with E-state index < -0.39 is 0 Å². The van der Waals surface area contributed by atoms with Gasteiger partial charge in [0.2, 0.25) is 0 Å². The third kappa shape index (κ3) is 7.52. The summed E-state index contributed by atoms with van der Waals surface area (Å²) in [6.45, 7) is 7.48. The van der Waals surface area contributed by atoms with Crippen molar-refractivity contribution >= 4 is 0 Å². The lowest BCUT2D eigenvalue weighted by atomic mass is 10.0. The highest BCUT2D eigenvalue weighted by Crippen LogP contribution is 2.24. The predicted molar refractivity (Wildman–Crippen MR) is 91.9 cm³/mol. The molecule has 0 aliphatic rings. The first kappa shape index (κ1) is 18.0. The van der Waals surface area contributed by atoms with E-state index in [2.05, 4.69) is 32.2 Å². The molecule has 2 heteroatoms. The van der Waals surface area contributed by atoms with Crippen LogP contribution in [-0.2, 0) is 0 Å². The van der Waals surface area contributed by atoms with Crippen LogP contribution in [0.5, 0.6) is 5.75 Å². The maximum absolute atomic E-state index is 9.91. The first-order valence-electron chi connectivity index (χ1n) is 8.68. The molecule has 0 aliphatic carbocycles. The van der Waals surface area contributed by atoms with Gasteiger partial charge in [-0.3, -0.25) is 0 Å². The lowest BCUT2D eigenvalue weighted by Gasteiger charge is -2.16.